The van der Waals surface area contributed by atoms with Crippen LogP contribution in [0.1, 0.15) is 29.6 Å². The van der Waals surface area contributed by atoms with Gasteiger partial charge in [0.2, 0.25) is 10.0 Å². The number of rotatable bonds is 8. The predicted octanol–water partition coefficient (Wildman–Crippen LogP) is 2.91. The van der Waals surface area contributed by atoms with Gasteiger partial charge in [0.25, 0.3) is 5.91 Å². The Kier molecular flexibility index (Phi) is 6.00. The van der Waals surface area contributed by atoms with E-state index in [0.29, 0.717) is 18.0 Å². The number of hydrogen-bond donors (Lipinski definition) is 1. The maximum Gasteiger partial charge on any atom is 0.257 e. The standard InChI is InChI=1S/C20H24N2O5S2/c1-22(28(2,24)25)19-6-4-3-5-18(19)20(23)21-16-9-11-17(12-10-16)29(26,27)14-13-15-7-8-15/h3-6,9-12,15H,7-8,13-14H2,1-2H3,(H,21,23). The number of para-hydroxylation sites is 1. The van der Waals surface area contributed by atoms with Crippen LogP contribution in [-0.2, 0) is 19.9 Å². The lowest BCUT2D eigenvalue weighted by Crippen LogP contribution is -2.27. The van der Waals surface area contributed by atoms with Crippen molar-refractivity contribution < 1.29 is 21.6 Å². The minimum absolute atomic E-state index is 0.134. The second-order valence-corrected chi connectivity index (χ2v) is 11.4. The van der Waals surface area contributed by atoms with Crippen LogP contribution in [0.2, 0.25) is 0 Å². The van der Waals surface area contributed by atoms with Gasteiger partial charge < -0.3 is 5.32 Å². The van der Waals surface area contributed by atoms with Crippen molar-refractivity contribution in [3.05, 3.63) is 54.1 Å². The highest BCUT2D eigenvalue weighted by atomic mass is 32.2. The maximum absolute atomic E-state index is 12.7. The van der Waals surface area contributed by atoms with Crippen LogP contribution in [0.5, 0.6) is 0 Å². The van der Waals surface area contributed by atoms with Gasteiger partial charge in [-0.05, 0) is 48.7 Å². The zero-order valence-electron chi connectivity index (χ0n) is 16.3. The summed E-state index contributed by atoms with van der Waals surface area (Å²) in [5, 5.41) is 2.69. The summed E-state index contributed by atoms with van der Waals surface area (Å²) in [6.07, 6.45) is 3.96. The topological polar surface area (TPSA) is 101 Å². The molecule has 0 aliphatic heterocycles. The van der Waals surface area contributed by atoms with Crippen LogP contribution in [0.4, 0.5) is 11.4 Å². The minimum Gasteiger partial charge on any atom is -0.322 e. The summed E-state index contributed by atoms with van der Waals surface area (Å²) in [7, 11) is -5.48. The SMILES string of the molecule is CN(c1ccccc1C(=O)Nc1ccc(S(=O)(=O)CCC2CC2)cc1)S(C)(=O)=O. The number of nitrogens with one attached hydrogen (secondary N) is 1. The van der Waals surface area contributed by atoms with Gasteiger partial charge in [0, 0.05) is 12.7 Å². The molecule has 1 aliphatic carbocycles. The molecule has 3 rings (SSSR count). The van der Waals surface area contributed by atoms with Gasteiger partial charge in [-0.1, -0.05) is 25.0 Å². The highest BCUT2D eigenvalue weighted by Crippen LogP contribution is 2.33. The van der Waals surface area contributed by atoms with E-state index in [-0.39, 0.29) is 21.9 Å². The first-order valence-electron chi connectivity index (χ1n) is 9.25. The quantitative estimate of drug-likeness (QED) is 0.686. The Morgan fingerprint density at radius 2 is 1.66 bits per heavy atom. The average molecular weight is 437 g/mol. The Labute approximate surface area is 171 Å². The lowest BCUT2D eigenvalue weighted by molar-refractivity contribution is 0.102. The number of hydrogen-bond acceptors (Lipinski definition) is 5. The van der Waals surface area contributed by atoms with Crippen molar-refractivity contribution in [2.75, 3.05) is 28.7 Å². The van der Waals surface area contributed by atoms with Crippen molar-refractivity contribution in [2.24, 2.45) is 5.92 Å². The van der Waals surface area contributed by atoms with Gasteiger partial charge in [0.05, 0.1) is 28.2 Å². The summed E-state index contributed by atoms with van der Waals surface area (Å²) in [4.78, 5) is 12.9. The second-order valence-electron chi connectivity index (χ2n) is 7.28. The third-order valence-corrected chi connectivity index (χ3v) is 7.90. The van der Waals surface area contributed by atoms with Crippen LogP contribution in [0.25, 0.3) is 0 Å². The highest BCUT2D eigenvalue weighted by Gasteiger charge is 2.25. The Hall–Kier alpha value is -2.39. The molecule has 9 heteroatoms. The molecule has 29 heavy (non-hydrogen) atoms. The summed E-state index contributed by atoms with van der Waals surface area (Å²) in [5.41, 5.74) is 0.876. The molecule has 1 fully saturated rings. The summed E-state index contributed by atoms with van der Waals surface area (Å²) in [6.45, 7) is 0. The van der Waals surface area contributed by atoms with E-state index in [9.17, 15) is 21.6 Å². The Morgan fingerprint density at radius 3 is 2.24 bits per heavy atom. The van der Waals surface area contributed by atoms with Crippen molar-refractivity contribution in [1.29, 1.82) is 0 Å². The van der Waals surface area contributed by atoms with Crippen molar-refractivity contribution in [1.82, 2.24) is 0 Å². The number of benzene rings is 2. The lowest BCUT2D eigenvalue weighted by atomic mass is 10.1. The van der Waals surface area contributed by atoms with Crippen LogP contribution < -0.4 is 9.62 Å². The Balaban J connectivity index is 1.75. The van der Waals surface area contributed by atoms with Gasteiger partial charge >= 0.3 is 0 Å². The van der Waals surface area contributed by atoms with E-state index in [2.05, 4.69) is 5.32 Å². The normalized spacial score (nSPS) is 14.4. The first-order chi connectivity index (χ1) is 13.6. The molecule has 1 amide bonds. The number of nitrogens with zero attached hydrogens (tertiary/aromatic N) is 1. The van der Waals surface area contributed by atoms with Crippen LogP contribution in [0.15, 0.2) is 53.4 Å². The molecule has 2 aromatic rings. The zero-order valence-corrected chi connectivity index (χ0v) is 18.0. The monoisotopic (exact) mass is 436 g/mol. The van der Waals surface area contributed by atoms with Crippen molar-refractivity contribution in [3.8, 4) is 0 Å². The molecule has 1 saturated carbocycles. The first-order valence-corrected chi connectivity index (χ1v) is 12.7. The fraction of sp³-hybridized carbons (Fsp3) is 0.350. The summed E-state index contributed by atoms with van der Waals surface area (Å²) in [6, 6.07) is 12.4. The van der Waals surface area contributed by atoms with Crippen LogP contribution in [-0.4, -0.2) is 41.8 Å². The number of carbonyl (C=O) groups is 1. The highest BCUT2D eigenvalue weighted by molar-refractivity contribution is 7.92. The van der Waals surface area contributed by atoms with Crippen LogP contribution in [0, 0.1) is 5.92 Å². The third kappa shape index (κ3) is 5.36. The fourth-order valence-corrected chi connectivity index (χ4v) is 4.86. The number of amides is 1. The van der Waals surface area contributed by atoms with E-state index in [0.717, 1.165) is 23.4 Å². The van der Waals surface area contributed by atoms with E-state index < -0.39 is 25.8 Å². The fourth-order valence-electron chi connectivity index (χ4n) is 2.91. The zero-order chi connectivity index (χ0) is 21.2. The lowest BCUT2D eigenvalue weighted by Gasteiger charge is -2.19. The van der Waals surface area contributed by atoms with E-state index >= 15 is 0 Å². The third-order valence-electron chi connectivity index (χ3n) is 4.95. The molecule has 0 saturated heterocycles. The van der Waals surface area contributed by atoms with E-state index in [1.54, 1.807) is 18.2 Å². The van der Waals surface area contributed by atoms with Gasteiger partial charge in [-0.2, -0.15) is 0 Å². The van der Waals surface area contributed by atoms with E-state index in [1.807, 2.05) is 0 Å². The molecule has 0 spiro atoms. The molecule has 2 aromatic carbocycles. The molecule has 0 atom stereocenters. The summed E-state index contributed by atoms with van der Waals surface area (Å²) >= 11 is 0. The molecular weight excluding hydrogens is 412 g/mol. The minimum atomic E-state index is -3.53. The number of carbonyl (C=O) groups excluding carboxylic acids is 1. The van der Waals surface area contributed by atoms with Crippen molar-refractivity contribution >= 4 is 37.1 Å². The molecule has 0 heterocycles. The predicted molar refractivity (Wildman–Crippen MR) is 113 cm³/mol. The molecule has 1 aliphatic rings. The maximum atomic E-state index is 12.7. The number of sulfone groups is 1. The second kappa shape index (κ2) is 8.16. The molecule has 7 nitrogen and oxygen atoms in total. The molecular formula is C20H24N2O5S2. The Bertz CT molecular complexity index is 1110. The van der Waals surface area contributed by atoms with Gasteiger partial charge in [0.1, 0.15) is 0 Å². The summed E-state index contributed by atoms with van der Waals surface area (Å²) in [5.74, 6) is 0.183. The number of anilines is 2. The number of sulfonamides is 1. The van der Waals surface area contributed by atoms with E-state index in [1.165, 1.54) is 37.4 Å². The molecule has 0 radical (unpaired) electrons. The average Bonchev–Trinajstić information content (AvgIpc) is 3.50. The van der Waals surface area contributed by atoms with Gasteiger partial charge in [0.15, 0.2) is 9.84 Å². The first kappa shape index (κ1) is 21.3. The smallest absolute Gasteiger partial charge is 0.257 e. The van der Waals surface area contributed by atoms with Gasteiger partial charge in [-0.15, -0.1) is 0 Å². The Morgan fingerprint density at radius 1 is 1.03 bits per heavy atom. The molecule has 0 aromatic heterocycles. The van der Waals surface area contributed by atoms with Gasteiger partial charge in [-0.3, -0.25) is 9.10 Å². The van der Waals surface area contributed by atoms with E-state index in [4.69, 9.17) is 0 Å². The van der Waals surface area contributed by atoms with Crippen LogP contribution >= 0.6 is 0 Å². The largest absolute Gasteiger partial charge is 0.322 e. The molecule has 0 unspecified atom stereocenters. The van der Waals surface area contributed by atoms with Gasteiger partial charge in [-0.25, -0.2) is 16.8 Å². The molecule has 0 bridgehead atoms. The molecule has 156 valence electrons. The van der Waals surface area contributed by atoms with Crippen molar-refractivity contribution in [3.63, 3.8) is 0 Å². The van der Waals surface area contributed by atoms with Crippen molar-refractivity contribution in [2.45, 2.75) is 24.2 Å². The molecule has 1 N–H and O–H groups in total. The van der Waals surface area contributed by atoms with Crippen LogP contribution in [0.3, 0.4) is 0 Å². The summed E-state index contributed by atoms with van der Waals surface area (Å²) < 4.78 is 49.5.